The van der Waals surface area contributed by atoms with E-state index in [1.54, 1.807) is 18.2 Å². The van der Waals surface area contributed by atoms with Gasteiger partial charge in [0.1, 0.15) is 15.8 Å². The van der Waals surface area contributed by atoms with Gasteiger partial charge >= 0.3 is 0 Å². The van der Waals surface area contributed by atoms with Crippen LogP contribution in [0.2, 0.25) is 0 Å². The average Bonchev–Trinajstić information content (AvgIpc) is 2.23. The third-order valence-corrected chi connectivity index (χ3v) is 3.16. The maximum absolute atomic E-state index is 11.8. The minimum atomic E-state index is -0.666. The fourth-order valence-corrected chi connectivity index (χ4v) is 1.95. The van der Waals surface area contributed by atoms with E-state index in [1.165, 1.54) is 0 Å². The number of nitrogens with one attached hydrogen (secondary N) is 1. The van der Waals surface area contributed by atoms with Crippen molar-refractivity contribution in [3.05, 3.63) is 28.5 Å². The number of aromatic nitrogens is 1. The van der Waals surface area contributed by atoms with Crippen LogP contribution in [-0.4, -0.2) is 16.4 Å². The molecule has 0 aromatic carbocycles. The summed E-state index contributed by atoms with van der Waals surface area (Å²) in [5.74, 6) is -0.289. The first-order chi connectivity index (χ1) is 7.65. The van der Waals surface area contributed by atoms with Crippen molar-refractivity contribution in [3.63, 3.8) is 0 Å². The lowest BCUT2D eigenvalue weighted by atomic mass is 9.78. The Kier molecular flexibility index (Phi) is 2.92. The number of pyridine rings is 1. The first-order valence-electron chi connectivity index (χ1n) is 5.02. The summed E-state index contributed by atoms with van der Waals surface area (Å²) in [7, 11) is 0. The predicted molar refractivity (Wildman–Crippen MR) is 61.6 cm³/mol. The molecule has 1 heterocycles. The van der Waals surface area contributed by atoms with E-state index in [1.807, 2.05) is 0 Å². The number of nitrogens with zero attached hydrogens (tertiary/aromatic N) is 2. The van der Waals surface area contributed by atoms with Crippen LogP contribution in [0.25, 0.3) is 0 Å². The minimum Gasteiger partial charge on any atom is -0.332 e. The lowest BCUT2D eigenvalue weighted by Crippen LogP contribution is -2.52. The molecular weight excluding hydrogens is 270 g/mol. The van der Waals surface area contributed by atoms with Crippen LogP contribution < -0.4 is 5.32 Å². The molecular formula is C11H10BrN3O. The van der Waals surface area contributed by atoms with Crippen LogP contribution in [0.3, 0.4) is 0 Å². The molecule has 1 aromatic rings. The minimum absolute atomic E-state index is 0.289. The molecule has 0 radical (unpaired) electrons. The molecule has 16 heavy (non-hydrogen) atoms. The van der Waals surface area contributed by atoms with Gasteiger partial charge < -0.3 is 5.32 Å². The van der Waals surface area contributed by atoms with Crippen LogP contribution >= 0.6 is 15.9 Å². The number of halogens is 1. The number of rotatable bonds is 2. The molecule has 0 saturated heterocycles. The van der Waals surface area contributed by atoms with Gasteiger partial charge in [-0.15, -0.1) is 0 Å². The highest BCUT2D eigenvalue weighted by molar-refractivity contribution is 9.10. The molecule has 0 bridgehead atoms. The number of carbonyl (C=O) groups excluding carboxylic acids is 1. The van der Waals surface area contributed by atoms with Crippen LogP contribution in [0.1, 0.15) is 29.8 Å². The highest BCUT2D eigenvalue weighted by Gasteiger charge is 2.38. The van der Waals surface area contributed by atoms with E-state index in [9.17, 15) is 4.79 Å². The Morgan fingerprint density at radius 3 is 2.81 bits per heavy atom. The van der Waals surface area contributed by atoms with E-state index in [0.29, 0.717) is 10.3 Å². The quantitative estimate of drug-likeness (QED) is 0.843. The maximum atomic E-state index is 11.8. The molecule has 4 nitrogen and oxygen atoms in total. The van der Waals surface area contributed by atoms with Gasteiger partial charge in [-0.3, -0.25) is 4.79 Å². The zero-order valence-electron chi connectivity index (χ0n) is 8.53. The summed E-state index contributed by atoms with van der Waals surface area (Å²) in [4.78, 5) is 15.9. The smallest absolute Gasteiger partial charge is 0.271 e. The van der Waals surface area contributed by atoms with Crippen molar-refractivity contribution in [1.29, 1.82) is 5.26 Å². The van der Waals surface area contributed by atoms with Crippen LogP contribution in [0.5, 0.6) is 0 Å². The molecule has 1 amide bonds. The lowest BCUT2D eigenvalue weighted by Gasteiger charge is -2.35. The van der Waals surface area contributed by atoms with Crippen molar-refractivity contribution in [2.45, 2.75) is 24.8 Å². The summed E-state index contributed by atoms with van der Waals surface area (Å²) < 4.78 is 0.611. The standard InChI is InChI=1S/C11H10BrN3O/c12-9-4-1-3-8(14-9)10(16)15-11(7-13)5-2-6-11/h1,3-4H,2,5-6H2,(H,15,16). The van der Waals surface area contributed by atoms with E-state index in [2.05, 4.69) is 32.3 Å². The fraction of sp³-hybridized carbons (Fsp3) is 0.364. The number of nitriles is 1. The molecule has 0 aliphatic heterocycles. The first-order valence-corrected chi connectivity index (χ1v) is 5.81. The van der Waals surface area contributed by atoms with E-state index in [0.717, 1.165) is 19.3 Å². The van der Waals surface area contributed by atoms with Crippen LogP contribution in [-0.2, 0) is 0 Å². The molecule has 5 heteroatoms. The zero-order valence-corrected chi connectivity index (χ0v) is 10.1. The third kappa shape index (κ3) is 2.07. The number of amides is 1. The van der Waals surface area contributed by atoms with Gasteiger partial charge in [0.2, 0.25) is 0 Å². The van der Waals surface area contributed by atoms with Gasteiger partial charge in [0, 0.05) is 0 Å². The SMILES string of the molecule is N#CC1(NC(=O)c2cccc(Br)n2)CCC1. The molecule has 1 aliphatic rings. The van der Waals surface area contributed by atoms with Crippen molar-refractivity contribution in [1.82, 2.24) is 10.3 Å². The Bertz CT molecular complexity index is 463. The topological polar surface area (TPSA) is 65.8 Å². The molecule has 1 aliphatic carbocycles. The van der Waals surface area contributed by atoms with Gasteiger partial charge in [-0.2, -0.15) is 5.26 Å². The predicted octanol–water partition coefficient (Wildman–Crippen LogP) is 2.02. The Morgan fingerprint density at radius 1 is 1.56 bits per heavy atom. The number of hydrogen-bond donors (Lipinski definition) is 1. The highest BCUT2D eigenvalue weighted by Crippen LogP contribution is 2.31. The largest absolute Gasteiger partial charge is 0.332 e. The molecule has 1 N–H and O–H groups in total. The van der Waals surface area contributed by atoms with Crippen LogP contribution in [0.15, 0.2) is 22.8 Å². The monoisotopic (exact) mass is 279 g/mol. The van der Waals surface area contributed by atoms with Crippen molar-refractivity contribution in [2.75, 3.05) is 0 Å². The molecule has 2 rings (SSSR count). The third-order valence-electron chi connectivity index (χ3n) is 2.72. The maximum Gasteiger partial charge on any atom is 0.271 e. The van der Waals surface area contributed by atoms with Crippen LogP contribution in [0.4, 0.5) is 0 Å². The van der Waals surface area contributed by atoms with Crippen molar-refractivity contribution in [2.24, 2.45) is 0 Å². The van der Waals surface area contributed by atoms with E-state index in [4.69, 9.17) is 5.26 Å². The van der Waals surface area contributed by atoms with E-state index < -0.39 is 5.54 Å². The summed E-state index contributed by atoms with van der Waals surface area (Å²) >= 11 is 3.20. The van der Waals surface area contributed by atoms with Crippen LogP contribution in [0, 0.1) is 11.3 Å². The normalized spacial score (nSPS) is 17.0. The van der Waals surface area contributed by atoms with Gasteiger partial charge in [-0.1, -0.05) is 6.07 Å². The van der Waals surface area contributed by atoms with Gasteiger partial charge in [-0.05, 0) is 47.3 Å². The Balaban J connectivity index is 2.12. The second kappa shape index (κ2) is 4.22. The van der Waals surface area contributed by atoms with Crippen molar-refractivity contribution in [3.8, 4) is 6.07 Å². The lowest BCUT2D eigenvalue weighted by molar-refractivity contribution is 0.0876. The Labute approximate surface area is 102 Å². The van der Waals surface area contributed by atoms with Crippen molar-refractivity contribution < 1.29 is 4.79 Å². The summed E-state index contributed by atoms with van der Waals surface area (Å²) in [6.45, 7) is 0. The summed E-state index contributed by atoms with van der Waals surface area (Å²) in [5.41, 5.74) is -0.336. The second-order valence-electron chi connectivity index (χ2n) is 3.85. The average molecular weight is 280 g/mol. The van der Waals surface area contributed by atoms with E-state index in [-0.39, 0.29) is 5.91 Å². The first kappa shape index (κ1) is 11.1. The molecule has 1 aromatic heterocycles. The molecule has 82 valence electrons. The molecule has 1 fully saturated rings. The summed E-state index contributed by atoms with van der Waals surface area (Å²) in [6, 6.07) is 7.28. The highest BCUT2D eigenvalue weighted by atomic mass is 79.9. The summed E-state index contributed by atoms with van der Waals surface area (Å²) in [6.07, 6.45) is 2.44. The zero-order chi connectivity index (χ0) is 11.6. The molecule has 1 saturated carbocycles. The van der Waals surface area contributed by atoms with Gasteiger partial charge in [0.05, 0.1) is 6.07 Å². The summed E-state index contributed by atoms with van der Waals surface area (Å²) in [5, 5.41) is 11.7. The second-order valence-corrected chi connectivity index (χ2v) is 4.66. The van der Waals surface area contributed by atoms with E-state index >= 15 is 0 Å². The van der Waals surface area contributed by atoms with Crippen molar-refractivity contribution >= 4 is 21.8 Å². The molecule has 0 atom stereocenters. The Morgan fingerprint density at radius 2 is 2.31 bits per heavy atom. The number of hydrogen-bond acceptors (Lipinski definition) is 3. The molecule has 0 spiro atoms. The number of carbonyl (C=O) groups is 1. The molecule has 0 unspecified atom stereocenters. The van der Waals surface area contributed by atoms with Gasteiger partial charge in [0.25, 0.3) is 5.91 Å². The van der Waals surface area contributed by atoms with Gasteiger partial charge in [0.15, 0.2) is 0 Å². The van der Waals surface area contributed by atoms with Gasteiger partial charge in [-0.25, -0.2) is 4.98 Å². The Hall–Kier alpha value is -1.41. The fourth-order valence-electron chi connectivity index (χ4n) is 1.61.